The van der Waals surface area contributed by atoms with Crippen molar-refractivity contribution in [1.82, 2.24) is 9.97 Å². The molecule has 7 aromatic rings. The molecule has 46 heavy (non-hydrogen) atoms. The lowest BCUT2D eigenvalue weighted by atomic mass is 9.79. The molecule has 226 valence electrons. The van der Waals surface area contributed by atoms with Gasteiger partial charge in [0.05, 0.1) is 21.5 Å². The monoisotopic (exact) mass is 616 g/mol. The fraction of sp³-hybridized carbons (Fsp3) is 0.143. The Labute approximate surface area is 274 Å². The van der Waals surface area contributed by atoms with Crippen LogP contribution < -0.4 is 0 Å². The Morgan fingerprint density at radius 3 is 2.02 bits per heavy atom. The maximum absolute atomic E-state index is 10.6. The molecule has 0 saturated carbocycles. The van der Waals surface area contributed by atoms with Crippen molar-refractivity contribution < 1.29 is 5.11 Å². The van der Waals surface area contributed by atoms with Gasteiger partial charge in [-0.3, -0.25) is 4.98 Å². The summed E-state index contributed by atoms with van der Waals surface area (Å²) in [6.45, 7) is 11.0. The van der Waals surface area contributed by atoms with Gasteiger partial charge < -0.3 is 5.11 Å². The number of phenols is 1. The molecular formula is C42H36N2OS. The number of aryl methyl sites for hydroxylation is 3. The summed E-state index contributed by atoms with van der Waals surface area (Å²) in [6, 6.07) is 40.0. The quantitative estimate of drug-likeness (QED) is 0.202. The highest BCUT2D eigenvalue weighted by Crippen LogP contribution is 2.41. The number of phenolic OH excluding ortho intramolecular Hbond substituents is 1. The van der Waals surface area contributed by atoms with Gasteiger partial charge in [-0.25, -0.2) is 4.98 Å². The second kappa shape index (κ2) is 11.7. The van der Waals surface area contributed by atoms with Gasteiger partial charge in [-0.15, -0.1) is 11.3 Å². The van der Waals surface area contributed by atoms with Gasteiger partial charge >= 0.3 is 0 Å². The van der Waals surface area contributed by atoms with Gasteiger partial charge in [-0.1, -0.05) is 92.2 Å². The molecule has 0 aliphatic heterocycles. The van der Waals surface area contributed by atoms with Crippen molar-refractivity contribution in [2.24, 2.45) is 0 Å². The van der Waals surface area contributed by atoms with E-state index in [9.17, 15) is 5.11 Å². The van der Waals surface area contributed by atoms with Gasteiger partial charge in [0.25, 0.3) is 0 Å². The Kier molecular flexibility index (Phi) is 7.54. The zero-order valence-electron chi connectivity index (χ0n) is 26.8. The van der Waals surface area contributed by atoms with Crippen LogP contribution >= 0.6 is 11.3 Å². The molecule has 0 atom stereocenters. The molecular weight excluding hydrogens is 581 g/mol. The number of aromatic hydroxyl groups is 1. The van der Waals surface area contributed by atoms with Crippen LogP contribution in [0.1, 0.15) is 41.7 Å². The van der Waals surface area contributed by atoms with Gasteiger partial charge in [0.15, 0.2) is 0 Å². The zero-order chi connectivity index (χ0) is 32.0. The number of hydrogen-bond acceptors (Lipinski definition) is 4. The summed E-state index contributed by atoms with van der Waals surface area (Å²) in [4.78, 5) is 10.1. The van der Waals surface area contributed by atoms with Gasteiger partial charge in [-0.05, 0) is 102 Å². The Hall–Kier alpha value is -5.06. The van der Waals surface area contributed by atoms with E-state index >= 15 is 0 Å². The van der Waals surface area contributed by atoms with E-state index in [1.807, 2.05) is 24.4 Å². The highest BCUT2D eigenvalue weighted by atomic mass is 32.1. The predicted octanol–water partition coefficient (Wildman–Crippen LogP) is 11.3. The topological polar surface area (TPSA) is 46.0 Å². The van der Waals surface area contributed by atoms with Crippen molar-refractivity contribution in [3.05, 3.63) is 149 Å². The van der Waals surface area contributed by atoms with E-state index in [1.165, 1.54) is 33.4 Å². The smallest absolute Gasteiger partial charge is 0.128 e. The second-order valence-corrected chi connectivity index (χ2v) is 13.7. The molecule has 2 aromatic heterocycles. The van der Waals surface area contributed by atoms with E-state index in [0.717, 1.165) is 48.7 Å². The van der Waals surface area contributed by atoms with Crippen molar-refractivity contribution in [2.75, 3.05) is 0 Å². The molecule has 5 aromatic carbocycles. The number of aromatic nitrogens is 2. The van der Waals surface area contributed by atoms with Crippen LogP contribution in [-0.4, -0.2) is 15.1 Å². The lowest BCUT2D eigenvalue weighted by Gasteiger charge is -2.26. The van der Waals surface area contributed by atoms with Gasteiger partial charge in [-0.2, -0.15) is 0 Å². The van der Waals surface area contributed by atoms with Gasteiger partial charge in [0.1, 0.15) is 10.8 Å². The summed E-state index contributed by atoms with van der Waals surface area (Å²) in [5.74, 6) is 0.239. The maximum atomic E-state index is 10.6. The number of hydrogen-bond donors (Lipinski definition) is 1. The minimum atomic E-state index is -0.166. The van der Waals surface area contributed by atoms with Gasteiger partial charge in [0, 0.05) is 22.7 Å². The summed E-state index contributed by atoms with van der Waals surface area (Å²) in [7, 11) is 0. The fourth-order valence-electron chi connectivity index (χ4n) is 6.62. The normalized spacial score (nSPS) is 11.7. The Morgan fingerprint density at radius 1 is 0.630 bits per heavy atom. The van der Waals surface area contributed by atoms with Crippen molar-refractivity contribution in [3.8, 4) is 49.8 Å². The third kappa shape index (κ3) is 5.39. The Balaban J connectivity index is 1.39. The van der Waals surface area contributed by atoms with Crippen molar-refractivity contribution in [2.45, 2.75) is 40.0 Å². The molecule has 4 heteroatoms. The van der Waals surface area contributed by atoms with E-state index in [0.29, 0.717) is 0 Å². The van der Waals surface area contributed by atoms with Crippen LogP contribution in [0.15, 0.2) is 121 Å². The molecule has 0 radical (unpaired) electrons. The van der Waals surface area contributed by atoms with Crippen LogP contribution in [0, 0.1) is 20.8 Å². The van der Waals surface area contributed by atoms with E-state index in [1.54, 1.807) is 17.4 Å². The van der Waals surface area contributed by atoms with E-state index in [4.69, 9.17) is 9.97 Å². The van der Waals surface area contributed by atoms with Crippen molar-refractivity contribution in [1.29, 1.82) is 0 Å². The standard InChI is InChI=1S/C42H36N2OS/c1-26-20-27(2)39(28(3)21-26)31-23-29(34-15-11-17-38-40(34)44-41(46-38)35-14-9-10-16-37(35)45)22-30(24-31)36-19-18-33(25-43-36)42(4,5)32-12-7-6-8-13-32/h6-25,45H,1-5H3. The summed E-state index contributed by atoms with van der Waals surface area (Å²) >= 11 is 1.60. The zero-order valence-corrected chi connectivity index (χ0v) is 27.6. The van der Waals surface area contributed by atoms with E-state index in [-0.39, 0.29) is 11.2 Å². The molecule has 0 amide bonds. The summed E-state index contributed by atoms with van der Waals surface area (Å²) < 4.78 is 1.08. The maximum Gasteiger partial charge on any atom is 0.128 e. The molecule has 2 heterocycles. The first-order chi connectivity index (χ1) is 22.2. The molecule has 0 unspecified atom stereocenters. The molecule has 0 bridgehead atoms. The first-order valence-corrected chi connectivity index (χ1v) is 16.4. The fourth-order valence-corrected chi connectivity index (χ4v) is 7.64. The molecule has 7 rings (SSSR count). The molecule has 0 aliphatic carbocycles. The van der Waals surface area contributed by atoms with Crippen LogP contribution in [0.25, 0.3) is 54.3 Å². The first-order valence-electron chi connectivity index (χ1n) is 15.6. The molecule has 0 aliphatic rings. The lowest BCUT2D eigenvalue weighted by Crippen LogP contribution is -2.18. The van der Waals surface area contributed by atoms with E-state index < -0.39 is 0 Å². The van der Waals surface area contributed by atoms with Crippen molar-refractivity contribution in [3.63, 3.8) is 0 Å². The highest BCUT2D eigenvalue weighted by molar-refractivity contribution is 7.21. The first kappa shape index (κ1) is 29.6. The molecule has 0 saturated heterocycles. The average molecular weight is 617 g/mol. The minimum Gasteiger partial charge on any atom is -0.507 e. The van der Waals surface area contributed by atoms with Gasteiger partial charge in [0.2, 0.25) is 0 Å². The number of benzene rings is 5. The number of nitrogens with zero attached hydrogens (tertiary/aromatic N) is 2. The third-order valence-electron chi connectivity index (χ3n) is 9.04. The lowest BCUT2D eigenvalue weighted by molar-refractivity contribution is 0.477. The molecule has 1 N–H and O–H groups in total. The molecule has 3 nitrogen and oxygen atoms in total. The van der Waals surface area contributed by atoms with Crippen LogP contribution in [-0.2, 0) is 5.41 Å². The number of thiazole rings is 1. The SMILES string of the molecule is Cc1cc(C)c(-c2cc(-c3ccc(C(C)(C)c4ccccc4)cn3)cc(-c3cccc4sc(-c5ccccc5O)nc34)c2)c(C)c1. The second-order valence-electron chi connectivity index (χ2n) is 12.7. The molecule has 0 spiro atoms. The summed E-state index contributed by atoms with van der Waals surface area (Å²) in [6.07, 6.45) is 2.02. The molecule has 0 fully saturated rings. The number of fused-ring (bicyclic) bond motifs is 1. The summed E-state index contributed by atoms with van der Waals surface area (Å²) in [5.41, 5.74) is 14.3. The third-order valence-corrected chi connectivity index (χ3v) is 10.1. The minimum absolute atomic E-state index is 0.166. The summed E-state index contributed by atoms with van der Waals surface area (Å²) in [5, 5.41) is 11.4. The largest absolute Gasteiger partial charge is 0.507 e. The van der Waals surface area contributed by atoms with E-state index in [2.05, 4.69) is 126 Å². The van der Waals surface area contributed by atoms with Crippen LogP contribution in [0.3, 0.4) is 0 Å². The number of para-hydroxylation sites is 2. The predicted molar refractivity (Wildman–Crippen MR) is 194 cm³/mol. The van der Waals surface area contributed by atoms with Crippen LogP contribution in [0.2, 0.25) is 0 Å². The average Bonchev–Trinajstić information content (AvgIpc) is 3.49. The Morgan fingerprint density at radius 2 is 1.30 bits per heavy atom. The van der Waals surface area contributed by atoms with Crippen LogP contribution in [0.5, 0.6) is 5.75 Å². The highest BCUT2D eigenvalue weighted by Gasteiger charge is 2.23. The number of pyridine rings is 1. The Bertz CT molecular complexity index is 2190. The number of rotatable bonds is 6. The van der Waals surface area contributed by atoms with Crippen LogP contribution in [0.4, 0.5) is 0 Å². The van der Waals surface area contributed by atoms with Crippen molar-refractivity contribution >= 4 is 21.6 Å².